The third kappa shape index (κ3) is 5.73. The van der Waals surface area contributed by atoms with E-state index in [4.69, 9.17) is 38.4 Å². The van der Waals surface area contributed by atoms with Crippen molar-refractivity contribution < 1.29 is 23.5 Å². The lowest BCUT2D eigenvalue weighted by molar-refractivity contribution is -0.134. The molecule has 2 atom stereocenters. The Morgan fingerprint density at radius 1 is 1.14 bits per heavy atom. The number of nitrogens with two attached hydrogens (primary N) is 1. The highest BCUT2D eigenvalue weighted by atomic mass is 35.5. The Hall–Kier alpha value is -3.54. The van der Waals surface area contributed by atoms with Crippen molar-refractivity contribution in [3.8, 4) is 11.5 Å². The second kappa shape index (κ2) is 12.0. The van der Waals surface area contributed by atoms with Crippen LogP contribution in [-0.2, 0) is 11.3 Å². The molecule has 0 bridgehead atoms. The maximum absolute atomic E-state index is 15.9. The number of hydrogen-bond donors (Lipinski definition) is 2. The third-order valence-corrected chi connectivity index (χ3v) is 8.24. The Balaban J connectivity index is 1.49. The van der Waals surface area contributed by atoms with Crippen molar-refractivity contribution in [1.82, 2.24) is 14.8 Å². The predicted molar refractivity (Wildman–Crippen MR) is 159 cm³/mol. The Morgan fingerprint density at radius 3 is 2.43 bits per heavy atom. The van der Waals surface area contributed by atoms with Crippen molar-refractivity contribution in [3.63, 3.8) is 0 Å². The van der Waals surface area contributed by atoms with E-state index in [-0.39, 0.29) is 59.7 Å². The van der Waals surface area contributed by atoms with Crippen LogP contribution in [-0.4, -0.2) is 60.3 Å². The first kappa shape index (κ1) is 29.9. The first-order valence-corrected chi connectivity index (χ1v) is 14.4. The first-order chi connectivity index (χ1) is 20.0. The van der Waals surface area contributed by atoms with Crippen LogP contribution in [0.5, 0.6) is 11.5 Å². The fraction of sp³-hybridized carbons (Fsp3) is 0.414. The van der Waals surface area contributed by atoms with Gasteiger partial charge in [0.2, 0.25) is 11.3 Å². The summed E-state index contributed by atoms with van der Waals surface area (Å²) in [6, 6.07) is 5.60. The maximum atomic E-state index is 15.9. The number of halogens is 3. The van der Waals surface area contributed by atoms with Gasteiger partial charge in [-0.25, -0.2) is 9.18 Å². The van der Waals surface area contributed by atoms with Gasteiger partial charge in [0, 0.05) is 47.8 Å². The molecule has 1 saturated heterocycles. The number of ether oxygens (including phenoxy) is 2. The second-order valence-corrected chi connectivity index (χ2v) is 11.5. The Kier molecular flexibility index (Phi) is 8.54. The van der Waals surface area contributed by atoms with Crippen LogP contribution in [0.3, 0.4) is 0 Å². The monoisotopic (exact) mass is 619 g/mol. The number of anilines is 1. The molecule has 1 saturated carbocycles. The van der Waals surface area contributed by atoms with E-state index in [9.17, 15) is 14.4 Å². The summed E-state index contributed by atoms with van der Waals surface area (Å²) in [5.41, 5.74) is 6.20. The van der Waals surface area contributed by atoms with Crippen molar-refractivity contribution in [2.75, 3.05) is 31.6 Å². The topological polar surface area (TPSA) is 119 Å². The van der Waals surface area contributed by atoms with Crippen LogP contribution in [0, 0.1) is 5.82 Å². The molecule has 2 aromatic carbocycles. The van der Waals surface area contributed by atoms with Gasteiger partial charge in [-0.2, -0.15) is 0 Å². The highest BCUT2D eigenvalue weighted by Crippen LogP contribution is 2.44. The molecule has 2 aliphatic rings. The molecule has 13 heteroatoms. The maximum Gasteiger partial charge on any atom is 0.413 e. The van der Waals surface area contributed by atoms with E-state index >= 15 is 4.39 Å². The lowest BCUT2D eigenvalue weighted by atomic mass is 10.0. The molecule has 2 heterocycles. The third-order valence-electron chi connectivity index (χ3n) is 7.65. The van der Waals surface area contributed by atoms with Crippen LogP contribution in [0.2, 0.25) is 10.0 Å². The largest absolute Gasteiger partial charge is 0.492 e. The van der Waals surface area contributed by atoms with Crippen LogP contribution in [0.15, 0.2) is 35.3 Å². The highest BCUT2D eigenvalue weighted by Gasteiger charge is 2.36. The van der Waals surface area contributed by atoms with Gasteiger partial charge in [-0.3, -0.25) is 9.59 Å². The van der Waals surface area contributed by atoms with Crippen molar-refractivity contribution in [3.05, 3.63) is 62.1 Å². The molecular weight excluding hydrogens is 588 g/mol. The highest BCUT2D eigenvalue weighted by molar-refractivity contribution is 6.35. The first-order valence-electron chi connectivity index (χ1n) is 13.6. The van der Waals surface area contributed by atoms with E-state index in [0.29, 0.717) is 34.2 Å². The number of nitrogens with zero attached hydrogens (tertiary/aromatic N) is 3. The summed E-state index contributed by atoms with van der Waals surface area (Å²) < 4.78 is 28.9. The number of nitrogens with one attached hydrogen (secondary N) is 1. The molecule has 0 spiro atoms. The van der Waals surface area contributed by atoms with Gasteiger partial charge in [0.1, 0.15) is 5.69 Å². The second-order valence-electron chi connectivity index (χ2n) is 10.7. The summed E-state index contributed by atoms with van der Waals surface area (Å²) in [6.45, 7) is 4.41. The van der Waals surface area contributed by atoms with Crippen LogP contribution < -0.4 is 30.9 Å². The summed E-state index contributed by atoms with van der Waals surface area (Å²) in [5.74, 6) is -0.855. The number of benzene rings is 2. The molecule has 3 N–H and O–H groups in total. The number of methoxy groups -OCH3 is 1. The minimum atomic E-state index is -0.864. The summed E-state index contributed by atoms with van der Waals surface area (Å²) >= 11 is 12.1. The van der Waals surface area contributed by atoms with E-state index in [1.165, 1.54) is 19.4 Å². The quantitative estimate of drug-likeness (QED) is 0.400. The summed E-state index contributed by atoms with van der Waals surface area (Å²) in [4.78, 5) is 42.2. The number of pyridine rings is 1. The van der Waals surface area contributed by atoms with Gasteiger partial charge >= 0.3 is 6.09 Å². The summed E-state index contributed by atoms with van der Waals surface area (Å²) in [5, 5.41) is 3.45. The van der Waals surface area contributed by atoms with Gasteiger partial charge in [0.25, 0.3) is 0 Å². The molecule has 1 aromatic heterocycles. The lowest BCUT2D eigenvalue weighted by Crippen LogP contribution is -2.60. The molecule has 3 aromatic rings. The van der Waals surface area contributed by atoms with E-state index in [1.54, 1.807) is 23.1 Å². The fourth-order valence-corrected chi connectivity index (χ4v) is 6.17. The molecular formula is C29H32Cl2FN5O5. The molecule has 42 heavy (non-hydrogen) atoms. The van der Waals surface area contributed by atoms with Gasteiger partial charge in [-0.15, -0.1) is 0 Å². The molecule has 1 aliphatic heterocycles. The van der Waals surface area contributed by atoms with Crippen molar-refractivity contribution in [2.45, 2.75) is 51.4 Å². The zero-order valence-electron chi connectivity index (χ0n) is 23.5. The predicted octanol–water partition coefficient (Wildman–Crippen LogP) is 4.46. The van der Waals surface area contributed by atoms with Crippen LogP contribution in [0.25, 0.3) is 10.9 Å². The summed E-state index contributed by atoms with van der Waals surface area (Å²) in [6.07, 6.45) is 2.28. The molecule has 1 aliphatic carbocycles. The van der Waals surface area contributed by atoms with Crippen LogP contribution >= 0.6 is 23.2 Å². The summed E-state index contributed by atoms with van der Waals surface area (Å²) in [7, 11) is 1.43. The average molecular weight is 621 g/mol. The van der Waals surface area contributed by atoms with Gasteiger partial charge in [-0.05, 0) is 50.5 Å². The molecule has 10 nitrogen and oxygen atoms in total. The zero-order chi connectivity index (χ0) is 30.3. The van der Waals surface area contributed by atoms with E-state index < -0.39 is 17.3 Å². The number of carbonyl (C=O) groups excluding carboxylic acids is 2. The van der Waals surface area contributed by atoms with E-state index in [2.05, 4.69) is 5.32 Å². The van der Waals surface area contributed by atoms with E-state index in [1.807, 2.05) is 23.3 Å². The molecule has 2 unspecified atom stereocenters. The molecule has 2 fully saturated rings. The van der Waals surface area contributed by atoms with Gasteiger partial charge < -0.3 is 34.9 Å². The number of rotatable bonds is 7. The molecule has 5 rings (SSSR count). The minimum Gasteiger partial charge on any atom is -0.492 e. The van der Waals surface area contributed by atoms with Crippen LogP contribution in [0.1, 0.15) is 38.3 Å². The Labute approximate surface area is 252 Å². The van der Waals surface area contributed by atoms with Gasteiger partial charge in [0.15, 0.2) is 17.3 Å². The SMILES string of the molecule is COc1c(N2CC(C)N(C(=O)CN)C(C)C2)c(F)cc2c(=O)c(OC(=O)NCc3ccc(Cl)cc3Cl)cn(C3CC3)c12. The number of fused-ring (bicyclic) bond motifs is 1. The molecule has 2 amide bonds. The number of amides is 2. The number of piperazine rings is 1. The standard InChI is InChI=1S/C29H32Cl2FN5O5/c1-15-12-35(13-16(2)37(15)24(38)10-33)26-22(32)9-20-25(28(26)41-3)36(19-6-7-19)14-23(27(20)39)42-29(40)34-11-17-4-5-18(30)8-21(17)31/h4-5,8-9,14-16,19H,6-7,10-13,33H2,1-3H3,(H,34,40). The van der Waals surface area contributed by atoms with E-state index in [0.717, 1.165) is 12.8 Å². The van der Waals surface area contributed by atoms with Gasteiger partial charge in [-0.1, -0.05) is 29.3 Å². The van der Waals surface area contributed by atoms with Crippen molar-refractivity contribution >= 4 is 51.8 Å². The smallest absolute Gasteiger partial charge is 0.413 e. The fourth-order valence-electron chi connectivity index (χ4n) is 5.69. The Morgan fingerprint density at radius 2 is 1.83 bits per heavy atom. The Bertz CT molecular complexity index is 1600. The van der Waals surface area contributed by atoms with Crippen LogP contribution in [0.4, 0.5) is 14.9 Å². The van der Waals surface area contributed by atoms with Gasteiger partial charge in [0.05, 0.1) is 30.8 Å². The number of hydrogen-bond acceptors (Lipinski definition) is 7. The number of aromatic nitrogens is 1. The van der Waals surface area contributed by atoms with Crippen molar-refractivity contribution in [1.29, 1.82) is 0 Å². The van der Waals surface area contributed by atoms with Crippen molar-refractivity contribution in [2.24, 2.45) is 5.73 Å². The minimum absolute atomic E-state index is 0.0236. The lowest BCUT2D eigenvalue weighted by Gasteiger charge is -2.45. The normalized spacial score (nSPS) is 18.7. The molecule has 0 radical (unpaired) electrons. The number of carbonyl (C=O) groups is 2. The zero-order valence-corrected chi connectivity index (χ0v) is 25.0. The molecule has 224 valence electrons. The average Bonchev–Trinajstić information content (AvgIpc) is 3.78.